The summed E-state index contributed by atoms with van der Waals surface area (Å²) in [5.41, 5.74) is 6.08. The van der Waals surface area contributed by atoms with Gasteiger partial charge in [-0.15, -0.1) is 0 Å². The van der Waals surface area contributed by atoms with Gasteiger partial charge in [0.2, 0.25) is 0 Å². The normalized spacial score (nSPS) is 27.5. The molecule has 0 bridgehead atoms. The van der Waals surface area contributed by atoms with Gasteiger partial charge in [-0.1, -0.05) is 19.9 Å². The lowest BCUT2D eigenvalue weighted by Gasteiger charge is -2.19. The van der Waals surface area contributed by atoms with E-state index in [1.807, 2.05) is 13.8 Å². The van der Waals surface area contributed by atoms with Crippen LogP contribution in [-0.2, 0) is 5.54 Å². The lowest BCUT2D eigenvalue weighted by atomic mass is 9.95. The first-order chi connectivity index (χ1) is 6.92. The van der Waals surface area contributed by atoms with E-state index in [0.717, 1.165) is 6.42 Å². The topological polar surface area (TPSA) is 35.2 Å². The highest BCUT2D eigenvalue weighted by Crippen LogP contribution is 2.62. The zero-order valence-corrected chi connectivity index (χ0v) is 9.30. The molecule has 1 fully saturated rings. The average Bonchev–Trinajstić information content (AvgIpc) is 2.65. The van der Waals surface area contributed by atoms with Crippen molar-refractivity contribution in [1.82, 2.24) is 0 Å². The molecule has 1 aliphatic carbocycles. The third-order valence-electron chi connectivity index (χ3n) is 3.44. The maximum atomic E-state index is 13.8. The zero-order chi connectivity index (χ0) is 11.3. The van der Waals surface area contributed by atoms with Crippen LogP contribution in [0.4, 0.5) is 4.39 Å². The largest absolute Gasteiger partial charge is 0.496 e. The van der Waals surface area contributed by atoms with Crippen LogP contribution >= 0.6 is 0 Å². The van der Waals surface area contributed by atoms with E-state index in [2.05, 4.69) is 0 Å². The minimum atomic E-state index is -0.580. The highest BCUT2D eigenvalue weighted by Gasteiger charge is 2.61. The third kappa shape index (κ3) is 1.34. The number of hydrogen-bond acceptors (Lipinski definition) is 2. The van der Waals surface area contributed by atoms with Crippen molar-refractivity contribution in [2.75, 3.05) is 7.11 Å². The third-order valence-corrected chi connectivity index (χ3v) is 3.44. The Kier molecular flexibility index (Phi) is 2.05. The Morgan fingerprint density at radius 3 is 2.47 bits per heavy atom. The van der Waals surface area contributed by atoms with E-state index >= 15 is 0 Å². The van der Waals surface area contributed by atoms with Crippen LogP contribution in [0.5, 0.6) is 5.75 Å². The van der Waals surface area contributed by atoms with Crippen molar-refractivity contribution in [3.05, 3.63) is 29.6 Å². The monoisotopic (exact) mass is 209 g/mol. The molecule has 0 radical (unpaired) electrons. The van der Waals surface area contributed by atoms with Crippen molar-refractivity contribution >= 4 is 0 Å². The van der Waals surface area contributed by atoms with Gasteiger partial charge in [0.05, 0.1) is 18.2 Å². The molecule has 2 N–H and O–H groups in total. The van der Waals surface area contributed by atoms with E-state index in [9.17, 15) is 4.39 Å². The van der Waals surface area contributed by atoms with Gasteiger partial charge >= 0.3 is 0 Å². The number of rotatable bonds is 2. The fraction of sp³-hybridized carbons (Fsp3) is 0.500. The summed E-state index contributed by atoms with van der Waals surface area (Å²) in [6.45, 7) is 4.08. The summed E-state index contributed by atoms with van der Waals surface area (Å²) in [6.07, 6.45) is 0.789. The minimum Gasteiger partial charge on any atom is -0.496 e. The Bertz CT molecular complexity index is 403. The molecule has 1 aromatic carbocycles. The average molecular weight is 209 g/mol. The Morgan fingerprint density at radius 2 is 2.00 bits per heavy atom. The molecular formula is C12H16FNO. The highest BCUT2D eigenvalue weighted by atomic mass is 19.1. The summed E-state index contributed by atoms with van der Waals surface area (Å²) in [4.78, 5) is 0. The van der Waals surface area contributed by atoms with Crippen molar-refractivity contribution in [2.45, 2.75) is 25.8 Å². The Hall–Kier alpha value is -1.09. The van der Waals surface area contributed by atoms with Gasteiger partial charge in [-0.05, 0) is 24.0 Å². The molecule has 0 aromatic heterocycles. The van der Waals surface area contributed by atoms with Crippen LogP contribution in [0.2, 0.25) is 0 Å². The number of nitrogens with two attached hydrogens (primary N) is 1. The van der Waals surface area contributed by atoms with Crippen LogP contribution in [0.1, 0.15) is 25.8 Å². The molecule has 0 amide bonds. The predicted octanol–water partition coefficient (Wildman–Crippen LogP) is 2.42. The Labute approximate surface area is 89.2 Å². The molecule has 2 nitrogen and oxygen atoms in total. The van der Waals surface area contributed by atoms with Crippen molar-refractivity contribution in [1.29, 1.82) is 0 Å². The first kappa shape index (κ1) is 10.4. The molecule has 1 unspecified atom stereocenters. The molecule has 1 atom stereocenters. The van der Waals surface area contributed by atoms with Gasteiger partial charge in [0, 0.05) is 0 Å². The maximum absolute atomic E-state index is 13.8. The zero-order valence-electron chi connectivity index (χ0n) is 9.30. The molecule has 0 saturated heterocycles. The molecule has 82 valence electrons. The van der Waals surface area contributed by atoms with Gasteiger partial charge < -0.3 is 10.5 Å². The van der Waals surface area contributed by atoms with E-state index in [-0.39, 0.29) is 11.2 Å². The number of hydrogen-bond donors (Lipinski definition) is 1. The summed E-state index contributed by atoms with van der Waals surface area (Å²) in [5, 5.41) is 0. The van der Waals surface area contributed by atoms with E-state index < -0.39 is 5.54 Å². The van der Waals surface area contributed by atoms with Gasteiger partial charge in [-0.25, -0.2) is 4.39 Å². The molecule has 0 heterocycles. The van der Waals surface area contributed by atoms with Gasteiger partial charge in [-0.2, -0.15) is 0 Å². The standard InChI is InChI=1S/C12H16FNO/c1-11(2)7-12(11,14)10-8(13)5-4-6-9(10)15-3/h4-6H,7,14H2,1-3H3. The van der Waals surface area contributed by atoms with Gasteiger partial charge in [-0.3, -0.25) is 0 Å². The summed E-state index contributed by atoms with van der Waals surface area (Å²) in [5.74, 6) is 0.269. The van der Waals surface area contributed by atoms with Crippen molar-refractivity contribution in [2.24, 2.45) is 11.1 Å². The molecule has 1 aliphatic rings. The Balaban J connectivity index is 2.54. The predicted molar refractivity (Wildman–Crippen MR) is 57.2 cm³/mol. The summed E-state index contributed by atoms with van der Waals surface area (Å²) in [6, 6.07) is 4.82. The minimum absolute atomic E-state index is 0.0531. The molecule has 0 spiro atoms. The summed E-state index contributed by atoms with van der Waals surface area (Å²) in [7, 11) is 1.54. The lowest BCUT2D eigenvalue weighted by molar-refractivity contribution is 0.386. The van der Waals surface area contributed by atoms with Crippen LogP contribution in [-0.4, -0.2) is 7.11 Å². The first-order valence-corrected chi connectivity index (χ1v) is 5.04. The molecule has 0 aliphatic heterocycles. The second-order valence-electron chi connectivity index (χ2n) is 4.85. The van der Waals surface area contributed by atoms with Crippen LogP contribution in [0, 0.1) is 11.2 Å². The fourth-order valence-corrected chi connectivity index (χ4v) is 2.19. The molecule has 2 rings (SSSR count). The molecule has 15 heavy (non-hydrogen) atoms. The quantitative estimate of drug-likeness (QED) is 0.811. The number of ether oxygens (including phenoxy) is 1. The van der Waals surface area contributed by atoms with Crippen molar-refractivity contribution in [3.8, 4) is 5.75 Å². The van der Waals surface area contributed by atoms with Crippen molar-refractivity contribution < 1.29 is 9.13 Å². The summed E-state index contributed by atoms with van der Waals surface area (Å²) < 4.78 is 18.9. The maximum Gasteiger partial charge on any atom is 0.131 e. The number of benzene rings is 1. The second kappa shape index (κ2) is 2.95. The van der Waals surface area contributed by atoms with E-state index in [0.29, 0.717) is 11.3 Å². The first-order valence-electron chi connectivity index (χ1n) is 5.04. The van der Waals surface area contributed by atoms with Gasteiger partial charge in [0.15, 0.2) is 0 Å². The van der Waals surface area contributed by atoms with E-state index in [1.165, 1.54) is 13.2 Å². The SMILES string of the molecule is COc1cccc(F)c1C1(N)CC1(C)C. The van der Waals surface area contributed by atoms with Crippen LogP contribution in [0.25, 0.3) is 0 Å². The van der Waals surface area contributed by atoms with Crippen LogP contribution in [0.3, 0.4) is 0 Å². The summed E-state index contributed by atoms with van der Waals surface area (Å²) >= 11 is 0. The number of halogens is 1. The van der Waals surface area contributed by atoms with Crippen molar-refractivity contribution in [3.63, 3.8) is 0 Å². The van der Waals surface area contributed by atoms with E-state index in [4.69, 9.17) is 10.5 Å². The Morgan fingerprint density at radius 1 is 1.40 bits per heavy atom. The second-order valence-corrected chi connectivity index (χ2v) is 4.85. The smallest absolute Gasteiger partial charge is 0.131 e. The van der Waals surface area contributed by atoms with Crippen LogP contribution < -0.4 is 10.5 Å². The highest BCUT2D eigenvalue weighted by molar-refractivity contribution is 5.46. The van der Waals surface area contributed by atoms with Crippen LogP contribution in [0.15, 0.2) is 18.2 Å². The lowest BCUT2D eigenvalue weighted by Crippen LogP contribution is -2.27. The van der Waals surface area contributed by atoms with Gasteiger partial charge in [0.1, 0.15) is 11.6 Å². The fourth-order valence-electron chi connectivity index (χ4n) is 2.19. The molecule has 3 heteroatoms. The van der Waals surface area contributed by atoms with E-state index in [1.54, 1.807) is 12.1 Å². The van der Waals surface area contributed by atoms with Gasteiger partial charge in [0.25, 0.3) is 0 Å². The number of methoxy groups -OCH3 is 1. The molecule has 1 aromatic rings. The molecular weight excluding hydrogens is 193 g/mol. The molecule has 1 saturated carbocycles.